The van der Waals surface area contributed by atoms with Crippen LogP contribution in [-0.2, 0) is 0 Å². The van der Waals surface area contributed by atoms with Crippen LogP contribution in [0.2, 0.25) is 0 Å². The zero-order valence-corrected chi connectivity index (χ0v) is 13.5. The first-order chi connectivity index (χ1) is 9.38. The summed E-state index contributed by atoms with van der Waals surface area (Å²) < 4.78 is 0. The van der Waals surface area contributed by atoms with E-state index in [4.69, 9.17) is 10.7 Å². The van der Waals surface area contributed by atoms with Crippen molar-refractivity contribution in [3.05, 3.63) is 11.4 Å². The quantitative estimate of drug-likeness (QED) is 0.865. The minimum absolute atomic E-state index is 0.539. The normalized spacial score (nSPS) is 15.2. The maximum absolute atomic E-state index is 6.11. The number of nitrogens with two attached hydrogens (primary N) is 1. The second-order valence-electron chi connectivity index (χ2n) is 6.88. The van der Waals surface area contributed by atoms with Crippen LogP contribution in [0, 0.1) is 18.8 Å². The highest BCUT2D eigenvalue weighted by Gasteiger charge is 2.29. The van der Waals surface area contributed by atoms with Crippen molar-refractivity contribution in [3.8, 4) is 0 Å². The van der Waals surface area contributed by atoms with E-state index in [9.17, 15) is 0 Å². The van der Waals surface area contributed by atoms with E-state index < -0.39 is 0 Å². The minimum atomic E-state index is 0.539. The Morgan fingerprint density at radius 3 is 2.10 bits per heavy atom. The van der Waals surface area contributed by atoms with Gasteiger partial charge in [-0.2, -0.15) is 0 Å². The average molecular weight is 276 g/mol. The maximum Gasteiger partial charge on any atom is 0.137 e. The van der Waals surface area contributed by atoms with E-state index in [1.54, 1.807) is 0 Å². The average Bonchev–Trinajstić information content (AvgIpc) is 3.14. The Kier molecular flexibility index (Phi) is 4.51. The van der Waals surface area contributed by atoms with Gasteiger partial charge >= 0.3 is 0 Å². The fraction of sp³-hybridized carbons (Fsp3) is 0.750. The van der Waals surface area contributed by atoms with E-state index in [1.165, 1.54) is 12.8 Å². The molecule has 2 N–H and O–H groups in total. The molecule has 0 aromatic carbocycles. The molecule has 0 aliphatic heterocycles. The topological polar surface area (TPSA) is 55.0 Å². The van der Waals surface area contributed by atoms with Gasteiger partial charge in [-0.25, -0.2) is 9.97 Å². The summed E-state index contributed by atoms with van der Waals surface area (Å²) in [6.45, 7) is 13.0. The molecule has 1 aromatic rings. The van der Waals surface area contributed by atoms with Gasteiger partial charge in [0.25, 0.3) is 0 Å². The van der Waals surface area contributed by atoms with Crippen LogP contribution in [0.5, 0.6) is 0 Å². The third-order valence-corrected chi connectivity index (χ3v) is 3.59. The van der Waals surface area contributed by atoms with Crippen molar-refractivity contribution in [3.63, 3.8) is 0 Å². The smallest absolute Gasteiger partial charge is 0.137 e. The number of anilines is 2. The second kappa shape index (κ2) is 5.98. The monoisotopic (exact) mass is 276 g/mol. The van der Waals surface area contributed by atoms with E-state index >= 15 is 0 Å². The Morgan fingerprint density at radius 1 is 1.10 bits per heavy atom. The summed E-state index contributed by atoms with van der Waals surface area (Å²) in [5.74, 6) is 4.39. The first-order valence-corrected chi connectivity index (χ1v) is 7.77. The molecule has 20 heavy (non-hydrogen) atoms. The summed E-state index contributed by atoms with van der Waals surface area (Å²) in [4.78, 5) is 11.7. The fourth-order valence-corrected chi connectivity index (χ4v) is 2.50. The molecule has 0 bridgehead atoms. The number of hydrogen-bond donors (Lipinski definition) is 1. The van der Waals surface area contributed by atoms with Crippen LogP contribution in [0.15, 0.2) is 0 Å². The summed E-state index contributed by atoms with van der Waals surface area (Å²) in [6.07, 6.45) is 2.41. The van der Waals surface area contributed by atoms with Crippen LogP contribution in [0.4, 0.5) is 11.6 Å². The molecule has 1 aromatic heterocycles. The number of nitrogens with zero attached hydrogens (tertiary/aromatic N) is 3. The van der Waals surface area contributed by atoms with E-state index in [-0.39, 0.29) is 0 Å². The number of aromatic nitrogens is 2. The van der Waals surface area contributed by atoms with Gasteiger partial charge in [0.05, 0.1) is 0 Å². The van der Waals surface area contributed by atoms with Gasteiger partial charge in [-0.05, 0) is 31.6 Å². The molecule has 0 spiro atoms. The number of hydrogen-bond acceptors (Lipinski definition) is 4. The van der Waals surface area contributed by atoms with Crippen LogP contribution in [0.25, 0.3) is 0 Å². The highest BCUT2D eigenvalue weighted by atomic mass is 15.2. The molecule has 0 amide bonds. The van der Waals surface area contributed by atoms with Crippen molar-refractivity contribution < 1.29 is 0 Å². The lowest BCUT2D eigenvalue weighted by atomic mass is 10.1. The van der Waals surface area contributed by atoms with Crippen LogP contribution < -0.4 is 10.6 Å². The van der Waals surface area contributed by atoms with Gasteiger partial charge in [0.2, 0.25) is 0 Å². The van der Waals surface area contributed by atoms with Crippen molar-refractivity contribution in [1.29, 1.82) is 0 Å². The molecule has 1 aliphatic rings. The van der Waals surface area contributed by atoms with Gasteiger partial charge in [0.15, 0.2) is 0 Å². The van der Waals surface area contributed by atoms with Crippen LogP contribution in [-0.4, -0.2) is 23.1 Å². The van der Waals surface area contributed by atoms with Crippen LogP contribution in [0.1, 0.15) is 57.8 Å². The molecule has 1 fully saturated rings. The van der Waals surface area contributed by atoms with Gasteiger partial charge in [0.1, 0.15) is 17.5 Å². The van der Waals surface area contributed by atoms with Crippen molar-refractivity contribution >= 4 is 11.6 Å². The molecular weight excluding hydrogens is 248 g/mol. The van der Waals surface area contributed by atoms with Crippen molar-refractivity contribution in [2.24, 2.45) is 11.8 Å². The molecule has 4 nitrogen and oxygen atoms in total. The Hall–Kier alpha value is -1.32. The summed E-state index contributed by atoms with van der Waals surface area (Å²) >= 11 is 0. The summed E-state index contributed by atoms with van der Waals surface area (Å²) in [5.41, 5.74) is 7.13. The summed E-state index contributed by atoms with van der Waals surface area (Å²) in [6, 6.07) is 0. The number of rotatable bonds is 6. The van der Waals surface area contributed by atoms with Gasteiger partial charge < -0.3 is 10.6 Å². The standard InChI is InChI=1S/C16H28N4/c1-10(2)8-20(9-11(3)4)16-12(5)14(17)18-15(19-16)13-6-7-13/h10-11,13H,6-9H2,1-5H3,(H2,17,18,19). The molecule has 1 heterocycles. The Balaban J connectivity index is 2.34. The maximum atomic E-state index is 6.11. The molecule has 4 heteroatoms. The predicted molar refractivity (Wildman–Crippen MR) is 85.0 cm³/mol. The Labute approximate surface area is 122 Å². The summed E-state index contributed by atoms with van der Waals surface area (Å²) in [7, 11) is 0. The molecule has 1 aliphatic carbocycles. The zero-order valence-electron chi connectivity index (χ0n) is 13.5. The lowest BCUT2D eigenvalue weighted by molar-refractivity contribution is 0.547. The molecule has 0 atom stereocenters. The highest BCUT2D eigenvalue weighted by Crippen LogP contribution is 2.39. The molecule has 0 radical (unpaired) electrons. The van der Waals surface area contributed by atoms with E-state index in [0.29, 0.717) is 23.6 Å². The van der Waals surface area contributed by atoms with E-state index in [0.717, 1.165) is 30.3 Å². The minimum Gasteiger partial charge on any atom is -0.383 e. The van der Waals surface area contributed by atoms with Crippen molar-refractivity contribution in [2.75, 3.05) is 23.7 Å². The molecule has 0 saturated heterocycles. The lowest BCUT2D eigenvalue weighted by Crippen LogP contribution is -2.33. The Morgan fingerprint density at radius 2 is 1.65 bits per heavy atom. The van der Waals surface area contributed by atoms with E-state index in [1.807, 2.05) is 6.92 Å². The van der Waals surface area contributed by atoms with Crippen molar-refractivity contribution in [2.45, 2.75) is 53.4 Å². The first kappa shape index (κ1) is 15.1. The SMILES string of the molecule is Cc1c(N)nc(C2CC2)nc1N(CC(C)C)CC(C)C. The third-order valence-electron chi connectivity index (χ3n) is 3.59. The van der Waals surface area contributed by atoms with Gasteiger partial charge in [0, 0.05) is 24.6 Å². The summed E-state index contributed by atoms with van der Waals surface area (Å²) in [5, 5.41) is 0. The molecule has 2 rings (SSSR count). The first-order valence-electron chi connectivity index (χ1n) is 7.77. The molecule has 1 saturated carbocycles. The Bertz CT molecular complexity index is 454. The van der Waals surface area contributed by atoms with E-state index in [2.05, 4.69) is 37.6 Å². The zero-order chi connectivity index (χ0) is 14.9. The van der Waals surface area contributed by atoms with Crippen LogP contribution >= 0.6 is 0 Å². The molecule has 112 valence electrons. The largest absolute Gasteiger partial charge is 0.383 e. The fourth-order valence-electron chi connectivity index (χ4n) is 2.50. The number of nitrogen functional groups attached to an aromatic ring is 1. The molecule has 0 unspecified atom stereocenters. The third kappa shape index (κ3) is 3.62. The van der Waals surface area contributed by atoms with Gasteiger partial charge in [-0.1, -0.05) is 27.7 Å². The lowest BCUT2D eigenvalue weighted by Gasteiger charge is -2.29. The predicted octanol–water partition coefficient (Wildman–Crippen LogP) is 3.36. The van der Waals surface area contributed by atoms with Crippen LogP contribution in [0.3, 0.4) is 0 Å². The second-order valence-corrected chi connectivity index (χ2v) is 6.88. The van der Waals surface area contributed by atoms with Crippen molar-refractivity contribution in [1.82, 2.24) is 9.97 Å². The van der Waals surface area contributed by atoms with Gasteiger partial charge in [-0.15, -0.1) is 0 Å². The molecular formula is C16H28N4. The highest BCUT2D eigenvalue weighted by molar-refractivity contribution is 5.57. The van der Waals surface area contributed by atoms with Gasteiger partial charge in [-0.3, -0.25) is 0 Å².